The van der Waals surface area contributed by atoms with E-state index in [2.05, 4.69) is 4.98 Å². The fraction of sp³-hybridized carbons (Fsp3) is 0.333. The summed E-state index contributed by atoms with van der Waals surface area (Å²) in [5, 5.41) is 8.77. The Bertz CT molecular complexity index is 367. The number of aliphatic hydroxyl groups excluding tert-OH is 1. The standard InChI is InChI=1S/C9H14N4O2/c1-13(2-3-14)9-7(8(11)15)4-6(10)5-12-9/h4-5,14H,2-3,10H2,1H3,(H2,11,15). The molecule has 1 aromatic heterocycles. The van der Waals surface area contributed by atoms with E-state index in [9.17, 15) is 4.79 Å². The van der Waals surface area contributed by atoms with Crippen molar-refractivity contribution in [2.24, 2.45) is 5.73 Å². The molecule has 0 fully saturated rings. The van der Waals surface area contributed by atoms with E-state index in [1.807, 2.05) is 0 Å². The summed E-state index contributed by atoms with van der Waals surface area (Å²) in [6.45, 7) is 0.345. The van der Waals surface area contributed by atoms with Crippen molar-refractivity contribution in [2.75, 3.05) is 30.8 Å². The predicted molar refractivity (Wildman–Crippen MR) is 57.5 cm³/mol. The van der Waals surface area contributed by atoms with Gasteiger partial charge in [0.05, 0.1) is 24.1 Å². The van der Waals surface area contributed by atoms with Crippen LogP contribution in [0.3, 0.4) is 0 Å². The van der Waals surface area contributed by atoms with Crippen molar-refractivity contribution in [2.45, 2.75) is 0 Å². The van der Waals surface area contributed by atoms with Crippen LogP contribution < -0.4 is 16.4 Å². The molecule has 0 radical (unpaired) electrons. The van der Waals surface area contributed by atoms with Crippen LogP contribution in [-0.2, 0) is 0 Å². The summed E-state index contributed by atoms with van der Waals surface area (Å²) in [6.07, 6.45) is 1.44. The molecule has 0 aliphatic heterocycles. The van der Waals surface area contributed by atoms with Crippen molar-refractivity contribution in [1.29, 1.82) is 0 Å². The number of rotatable bonds is 4. The van der Waals surface area contributed by atoms with Crippen LogP contribution >= 0.6 is 0 Å². The lowest BCUT2D eigenvalue weighted by Gasteiger charge is -2.18. The van der Waals surface area contributed by atoms with E-state index >= 15 is 0 Å². The number of carbonyl (C=O) groups excluding carboxylic acids is 1. The molecule has 0 aromatic carbocycles. The number of nitrogens with two attached hydrogens (primary N) is 2. The zero-order valence-electron chi connectivity index (χ0n) is 8.47. The highest BCUT2D eigenvalue weighted by Gasteiger charge is 2.13. The van der Waals surface area contributed by atoms with Gasteiger partial charge in [0.25, 0.3) is 5.91 Å². The fourth-order valence-corrected chi connectivity index (χ4v) is 1.22. The first-order valence-electron chi connectivity index (χ1n) is 4.43. The third kappa shape index (κ3) is 2.57. The van der Waals surface area contributed by atoms with Gasteiger partial charge in [-0.15, -0.1) is 0 Å². The molecule has 5 N–H and O–H groups in total. The second kappa shape index (κ2) is 4.61. The molecular weight excluding hydrogens is 196 g/mol. The van der Waals surface area contributed by atoms with E-state index in [1.165, 1.54) is 12.3 Å². The summed E-state index contributed by atoms with van der Waals surface area (Å²) in [4.78, 5) is 16.8. The van der Waals surface area contributed by atoms with Crippen LogP contribution in [0.25, 0.3) is 0 Å². The number of aromatic nitrogens is 1. The topological polar surface area (TPSA) is 105 Å². The molecule has 0 aliphatic carbocycles. The number of primary amides is 1. The van der Waals surface area contributed by atoms with Gasteiger partial charge in [-0.1, -0.05) is 0 Å². The summed E-state index contributed by atoms with van der Waals surface area (Å²) >= 11 is 0. The number of aliphatic hydroxyl groups is 1. The maximum absolute atomic E-state index is 11.1. The molecule has 1 aromatic rings. The van der Waals surface area contributed by atoms with E-state index in [0.29, 0.717) is 18.1 Å². The first-order valence-corrected chi connectivity index (χ1v) is 4.43. The Labute approximate surface area is 87.5 Å². The molecule has 6 nitrogen and oxygen atoms in total. The number of anilines is 2. The minimum Gasteiger partial charge on any atom is -0.397 e. The Balaban J connectivity index is 3.10. The SMILES string of the molecule is CN(CCO)c1ncc(N)cc1C(N)=O. The highest BCUT2D eigenvalue weighted by Crippen LogP contribution is 2.17. The van der Waals surface area contributed by atoms with Crippen LogP contribution in [0.5, 0.6) is 0 Å². The quantitative estimate of drug-likeness (QED) is 0.602. The van der Waals surface area contributed by atoms with E-state index < -0.39 is 5.91 Å². The second-order valence-corrected chi connectivity index (χ2v) is 3.15. The third-order valence-electron chi connectivity index (χ3n) is 1.95. The first kappa shape index (κ1) is 11.3. The number of amides is 1. The van der Waals surface area contributed by atoms with E-state index in [1.54, 1.807) is 11.9 Å². The lowest BCUT2D eigenvalue weighted by Crippen LogP contribution is -2.26. The Morgan fingerprint density at radius 2 is 2.33 bits per heavy atom. The monoisotopic (exact) mass is 210 g/mol. The molecule has 0 unspecified atom stereocenters. The van der Waals surface area contributed by atoms with Crippen LogP contribution in [0.2, 0.25) is 0 Å². The van der Waals surface area contributed by atoms with Gasteiger partial charge in [-0.05, 0) is 6.07 Å². The molecule has 6 heteroatoms. The normalized spacial score (nSPS) is 10.0. The molecule has 0 aliphatic rings. The zero-order valence-corrected chi connectivity index (χ0v) is 8.47. The Hall–Kier alpha value is -1.82. The number of pyridine rings is 1. The van der Waals surface area contributed by atoms with Crippen LogP contribution in [0.1, 0.15) is 10.4 Å². The van der Waals surface area contributed by atoms with Gasteiger partial charge in [-0.3, -0.25) is 4.79 Å². The van der Waals surface area contributed by atoms with Crippen molar-refractivity contribution in [3.63, 3.8) is 0 Å². The Morgan fingerprint density at radius 3 is 2.87 bits per heavy atom. The van der Waals surface area contributed by atoms with Gasteiger partial charge in [-0.25, -0.2) is 4.98 Å². The van der Waals surface area contributed by atoms with Crippen LogP contribution in [0, 0.1) is 0 Å². The van der Waals surface area contributed by atoms with Crippen LogP contribution in [0.4, 0.5) is 11.5 Å². The third-order valence-corrected chi connectivity index (χ3v) is 1.95. The minimum absolute atomic E-state index is 0.0270. The van der Waals surface area contributed by atoms with E-state index in [4.69, 9.17) is 16.6 Å². The molecule has 0 saturated heterocycles. The zero-order chi connectivity index (χ0) is 11.4. The van der Waals surface area contributed by atoms with Gasteiger partial charge in [0.1, 0.15) is 5.82 Å². The van der Waals surface area contributed by atoms with Crippen molar-refractivity contribution in [3.8, 4) is 0 Å². The van der Waals surface area contributed by atoms with Gasteiger partial charge < -0.3 is 21.5 Å². The van der Waals surface area contributed by atoms with Gasteiger partial charge in [0, 0.05) is 13.6 Å². The molecule has 1 heterocycles. The lowest BCUT2D eigenvalue weighted by molar-refractivity contribution is 0.100. The molecule has 0 atom stereocenters. The highest BCUT2D eigenvalue weighted by molar-refractivity contribution is 5.98. The van der Waals surface area contributed by atoms with Crippen LogP contribution in [0.15, 0.2) is 12.3 Å². The Kier molecular flexibility index (Phi) is 3.46. The van der Waals surface area contributed by atoms with Gasteiger partial charge in [-0.2, -0.15) is 0 Å². The van der Waals surface area contributed by atoms with Crippen molar-refractivity contribution < 1.29 is 9.90 Å². The van der Waals surface area contributed by atoms with Gasteiger partial charge >= 0.3 is 0 Å². The van der Waals surface area contributed by atoms with Gasteiger partial charge in [0.15, 0.2) is 0 Å². The molecule has 82 valence electrons. The van der Waals surface area contributed by atoms with Crippen LogP contribution in [-0.4, -0.2) is 36.2 Å². The average molecular weight is 210 g/mol. The van der Waals surface area contributed by atoms with Crippen molar-refractivity contribution >= 4 is 17.4 Å². The van der Waals surface area contributed by atoms with E-state index in [-0.39, 0.29) is 12.2 Å². The van der Waals surface area contributed by atoms with Gasteiger partial charge in [0.2, 0.25) is 0 Å². The number of hydrogen-bond donors (Lipinski definition) is 3. The summed E-state index contributed by atoms with van der Waals surface area (Å²) < 4.78 is 0. The number of nitrogens with zero attached hydrogens (tertiary/aromatic N) is 2. The summed E-state index contributed by atoms with van der Waals surface area (Å²) in [5.41, 5.74) is 11.3. The number of nitrogen functional groups attached to an aromatic ring is 1. The second-order valence-electron chi connectivity index (χ2n) is 3.15. The number of carbonyl (C=O) groups is 1. The average Bonchev–Trinajstić information content (AvgIpc) is 2.17. The first-order chi connectivity index (χ1) is 7.06. The molecular formula is C9H14N4O2. The number of hydrogen-bond acceptors (Lipinski definition) is 5. The fourth-order valence-electron chi connectivity index (χ4n) is 1.22. The molecule has 0 saturated carbocycles. The smallest absolute Gasteiger partial charge is 0.252 e. The molecule has 0 bridgehead atoms. The molecule has 1 rings (SSSR count). The summed E-state index contributed by atoms with van der Waals surface area (Å²) in [5.74, 6) is -0.166. The van der Waals surface area contributed by atoms with E-state index in [0.717, 1.165) is 0 Å². The Morgan fingerprint density at radius 1 is 1.67 bits per heavy atom. The minimum atomic E-state index is -0.588. The summed E-state index contributed by atoms with van der Waals surface area (Å²) in [6, 6.07) is 1.47. The maximum Gasteiger partial charge on any atom is 0.252 e. The summed E-state index contributed by atoms with van der Waals surface area (Å²) in [7, 11) is 1.71. The molecule has 15 heavy (non-hydrogen) atoms. The molecule has 0 spiro atoms. The van der Waals surface area contributed by atoms with Crippen molar-refractivity contribution in [1.82, 2.24) is 4.98 Å². The molecule has 1 amide bonds. The highest BCUT2D eigenvalue weighted by atomic mass is 16.3. The lowest BCUT2D eigenvalue weighted by atomic mass is 10.2. The largest absolute Gasteiger partial charge is 0.397 e. The predicted octanol–water partition coefficient (Wildman–Crippen LogP) is -0.809. The number of likely N-dealkylation sites (N-methyl/N-ethyl adjacent to an activating group) is 1. The van der Waals surface area contributed by atoms with Crippen molar-refractivity contribution in [3.05, 3.63) is 17.8 Å². The maximum atomic E-state index is 11.1.